The Hall–Kier alpha value is -2.04. The van der Waals surface area contributed by atoms with Crippen molar-refractivity contribution in [3.63, 3.8) is 0 Å². The molecule has 19 heavy (non-hydrogen) atoms. The molecule has 0 bridgehead atoms. The van der Waals surface area contributed by atoms with Crippen molar-refractivity contribution in [2.24, 2.45) is 0 Å². The maximum atomic E-state index is 11.9. The Bertz CT molecular complexity index is 474. The molecular weight excluding hydrogens is 242 g/mol. The Balaban J connectivity index is 2.05. The molecule has 0 saturated carbocycles. The number of amides is 2. The van der Waals surface area contributed by atoms with Crippen molar-refractivity contribution < 1.29 is 9.59 Å². The summed E-state index contributed by atoms with van der Waals surface area (Å²) in [4.78, 5) is 22.9. The number of nitrogens with zero attached hydrogens (tertiary/aromatic N) is 1. The number of benzene rings is 1. The number of anilines is 2. The average molecular weight is 261 g/mol. The molecule has 102 valence electrons. The largest absolute Gasteiger partial charge is 0.326 e. The summed E-state index contributed by atoms with van der Waals surface area (Å²) in [5.41, 5.74) is 4.65. The van der Waals surface area contributed by atoms with Crippen LogP contribution in [-0.4, -0.2) is 23.4 Å². The number of nitrogens with one attached hydrogen (secondary N) is 2. The molecule has 1 aromatic rings. The first-order chi connectivity index (χ1) is 9.15. The molecule has 0 unspecified atom stereocenters. The van der Waals surface area contributed by atoms with E-state index in [0.29, 0.717) is 6.42 Å². The molecule has 0 spiro atoms. The van der Waals surface area contributed by atoms with Crippen LogP contribution in [0.5, 0.6) is 0 Å². The van der Waals surface area contributed by atoms with Crippen LogP contribution in [0.3, 0.4) is 0 Å². The topological polar surface area (TPSA) is 61.4 Å². The van der Waals surface area contributed by atoms with Gasteiger partial charge in [0.15, 0.2) is 0 Å². The molecular formula is C14H19N3O2. The van der Waals surface area contributed by atoms with Gasteiger partial charge in [0.25, 0.3) is 0 Å². The molecule has 1 saturated heterocycles. The van der Waals surface area contributed by atoms with Crippen molar-refractivity contribution in [1.29, 1.82) is 0 Å². The van der Waals surface area contributed by atoms with Gasteiger partial charge in [0, 0.05) is 25.6 Å². The summed E-state index contributed by atoms with van der Waals surface area (Å²) < 4.78 is 0. The van der Waals surface area contributed by atoms with Crippen molar-refractivity contribution >= 4 is 23.2 Å². The highest BCUT2D eigenvalue weighted by atomic mass is 16.2. The first kappa shape index (κ1) is 13.4. The van der Waals surface area contributed by atoms with Gasteiger partial charge >= 0.3 is 0 Å². The Morgan fingerprint density at radius 2 is 2.00 bits per heavy atom. The van der Waals surface area contributed by atoms with Crippen molar-refractivity contribution in [2.45, 2.75) is 32.6 Å². The molecule has 2 rings (SSSR count). The lowest BCUT2D eigenvalue weighted by Crippen LogP contribution is -2.35. The van der Waals surface area contributed by atoms with Gasteiger partial charge in [-0.3, -0.25) is 20.0 Å². The van der Waals surface area contributed by atoms with E-state index in [1.165, 1.54) is 6.92 Å². The molecule has 0 atom stereocenters. The number of rotatable bonds is 3. The third kappa shape index (κ3) is 3.98. The van der Waals surface area contributed by atoms with E-state index >= 15 is 0 Å². The van der Waals surface area contributed by atoms with Crippen molar-refractivity contribution in [3.05, 3.63) is 24.3 Å². The van der Waals surface area contributed by atoms with Crippen molar-refractivity contribution in [2.75, 3.05) is 17.3 Å². The zero-order valence-electron chi connectivity index (χ0n) is 11.1. The van der Waals surface area contributed by atoms with E-state index in [4.69, 9.17) is 0 Å². The summed E-state index contributed by atoms with van der Waals surface area (Å²) in [6, 6.07) is 7.36. The Labute approximate surface area is 112 Å². The maximum absolute atomic E-state index is 11.9. The van der Waals surface area contributed by atoms with E-state index in [1.54, 1.807) is 5.01 Å². The molecule has 0 aliphatic carbocycles. The quantitative estimate of drug-likeness (QED) is 0.878. The standard InChI is InChI=1S/C14H19N3O2/c1-11(18)15-12-6-5-7-13(10-12)16-17-9-4-2-3-8-14(17)19/h5-7,10,16H,2-4,8-9H2,1H3,(H,15,18). The van der Waals surface area contributed by atoms with E-state index in [1.807, 2.05) is 24.3 Å². The van der Waals surface area contributed by atoms with Gasteiger partial charge in [-0.1, -0.05) is 12.5 Å². The second-order valence-corrected chi connectivity index (χ2v) is 4.73. The Morgan fingerprint density at radius 1 is 1.21 bits per heavy atom. The normalized spacial score (nSPS) is 15.8. The predicted octanol–water partition coefficient (Wildman–Crippen LogP) is 2.37. The van der Waals surface area contributed by atoms with Crippen LogP contribution in [0.25, 0.3) is 0 Å². The van der Waals surface area contributed by atoms with Gasteiger partial charge in [-0.25, -0.2) is 0 Å². The molecule has 5 heteroatoms. The van der Waals surface area contributed by atoms with Crippen LogP contribution in [0.4, 0.5) is 11.4 Å². The molecule has 1 aromatic carbocycles. The average Bonchev–Trinajstić information content (AvgIpc) is 2.55. The zero-order chi connectivity index (χ0) is 13.7. The molecule has 1 heterocycles. The van der Waals surface area contributed by atoms with E-state index in [2.05, 4.69) is 10.7 Å². The van der Waals surface area contributed by atoms with Gasteiger partial charge in [-0.15, -0.1) is 0 Å². The smallest absolute Gasteiger partial charge is 0.240 e. The minimum Gasteiger partial charge on any atom is -0.326 e. The number of hydrogen-bond donors (Lipinski definition) is 2. The predicted molar refractivity (Wildman–Crippen MR) is 74.5 cm³/mol. The Morgan fingerprint density at radius 3 is 2.79 bits per heavy atom. The Kier molecular flexibility index (Phi) is 4.39. The van der Waals surface area contributed by atoms with Gasteiger partial charge in [0.05, 0.1) is 5.69 Å². The molecule has 2 N–H and O–H groups in total. The van der Waals surface area contributed by atoms with Crippen LogP contribution in [-0.2, 0) is 9.59 Å². The highest BCUT2D eigenvalue weighted by Crippen LogP contribution is 2.18. The van der Waals surface area contributed by atoms with Crippen molar-refractivity contribution in [3.8, 4) is 0 Å². The number of carbonyl (C=O) groups excluding carboxylic acids is 2. The van der Waals surface area contributed by atoms with Gasteiger partial charge in [-0.2, -0.15) is 0 Å². The summed E-state index contributed by atoms with van der Waals surface area (Å²) >= 11 is 0. The number of hydrazine groups is 1. The highest BCUT2D eigenvalue weighted by molar-refractivity contribution is 5.89. The summed E-state index contributed by atoms with van der Waals surface area (Å²) in [7, 11) is 0. The first-order valence-corrected chi connectivity index (χ1v) is 6.60. The lowest BCUT2D eigenvalue weighted by molar-refractivity contribution is -0.129. The minimum absolute atomic E-state index is 0.108. The van der Waals surface area contributed by atoms with Crippen LogP contribution in [0.2, 0.25) is 0 Å². The van der Waals surface area contributed by atoms with E-state index in [9.17, 15) is 9.59 Å². The van der Waals surface area contributed by atoms with Gasteiger partial charge in [0.2, 0.25) is 11.8 Å². The molecule has 1 aliphatic rings. The lowest BCUT2D eigenvalue weighted by Gasteiger charge is -2.22. The third-order valence-electron chi connectivity index (χ3n) is 3.02. The van der Waals surface area contributed by atoms with Crippen LogP contribution >= 0.6 is 0 Å². The van der Waals surface area contributed by atoms with Crippen LogP contribution in [0, 0.1) is 0 Å². The second-order valence-electron chi connectivity index (χ2n) is 4.73. The monoisotopic (exact) mass is 261 g/mol. The molecule has 1 aliphatic heterocycles. The summed E-state index contributed by atoms with van der Waals surface area (Å²) in [5, 5.41) is 4.39. The summed E-state index contributed by atoms with van der Waals surface area (Å²) in [6.07, 6.45) is 3.67. The van der Waals surface area contributed by atoms with Gasteiger partial charge < -0.3 is 5.32 Å². The lowest BCUT2D eigenvalue weighted by atomic mass is 10.2. The fourth-order valence-electron chi connectivity index (χ4n) is 2.13. The first-order valence-electron chi connectivity index (χ1n) is 6.60. The summed E-state index contributed by atoms with van der Waals surface area (Å²) in [5.74, 6) is 0.0189. The number of hydrogen-bond acceptors (Lipinski definition) is 3. The van der Waals surface area contributed by atoms with Gasteiger partial charge in [-0.05, 0) is 31.0 Å². The molecule has 5 nitrogen and oxygen atoms in total. The summed E-state index contributed by atoms with van der Waals surface area (Å²) in [6.45, 7) is 2.20. The maximum Gasteiger partial charge on any atom is 0.240 e. The fraction of sp³-hybridized carbons (Fsp3) is 0.429. The minimum atomic E-state index is -0.108. The van der Waals surface area contributed by atoms with E-state index in [0.717, 1.165) is 37.2 Å². The second kappa shape index (κ2) is 6.22. The van der Waals surface area contributed by atoms with Crippen molar-refractivity contribution in [1.82, 2.24) is 5.01 Å². The molecule has 1 fully saturated rings. The molecule has 0 aromatic heterocycles. The number of carbonyl (C=O) groups is 2. The van der Waals surface area contributed by atoms with E-state index in [-0.39, 0.29) is 11.8 Å². The van der Waals surface area contributed by atoms with Crippen LogP contribution in [0.1, 0.15) is 32.6 Å². The zero-order valence-corrected chi connectivity index (χ0v) is 11.1. The fourth-order valence-corrected chi connectivity index (χ4v) is 2.13. The van der Waals surface area contributed by atoms with Crippen LogP contribution < -0.4 is 10.7 Å². The van der Waals surface area contributed by atoms with E-state index < -0.39 is 0 Å². The molecule has 2 amide bonds. The SMILES string of the molecule is CC(=O)Nc1cccc(NN2CCCCCC2=O)c1. The van der Waals surface area contributed by atoms with Gasteiger partial charge in [0.1, 0.15) is 0 Å². The highest BCUT2D eigenvalue weighted by Gasteiger charge is 2.16. The van der Waals surface area contributed by atoms with Crippen LogP contribution in [0.15, 0.2) is 24.3 Å². The third-order valence-corrected chi connectivity index (χ3v) is 3.02. The molecule has 0 radical (unpaired) electrons.